The van der Waals surface area contributed by atoms with Gasteiger partial charge in [-0.2, -0.15) is 9.40 Å². The molecule has 0 bridgehead atoms. The zero-order valence-corrected chi connectivity index (χ0v) is 13.1. The second-order valence-electron chi connectivity index (χ2n) is 4.77. The number of sulfonamides is 1. The highest BCUT2D eigenvalue weighted by molar-refractivity contribution is 7.89. The summed E-state index contributed by atoms with van der Waals surface area (Å²) in [5.74, 6) is 0. The van der Waals surface area contributed by atoms with Crippen molar-refractivity contribution in [1.82, 2.24) is 24.3 Å². The van der Waals surface area contributed by atoms with Crippen molar-refractivity contribution < 1.29 is 13.2 Å². The van der Waals surface area contributed by atoms with Gasteiger partial charge in [-0.15, -0.1) is 0 Å². The summed E-state index contributed by atoms with van der Waals surface area (Å²) in [4.78, 5) is 15.6. The van der Waals surface area contributed by atoms with E-state index in [-0.39, 0.29) is 11.1 Å². The average molecular weight is 315 g/mol. The summed E-state index contributed by atoms with van der Waals surface area (Å²) in [7, 11) is -3.54. The summed E-state index contributed by atoms with van der Waals surface area (Å²) < 4.78 is 26.0. The summed E-state index contributed by atoms with van der Waals surface area (Å²) in [5, 5.41) is 6.24. The maximum Gasteiger partial charge on any atom is 0.320 e. The number of H-pyrrole nitrogens is 1. The highest BCUT2D eigenvalue weighted by Crippen LogP contribution is 2.15. The Bertz CT molecular complexity index is 560. The predicted octanol–water partition coefficient (Wildman–Crippen LogP) is 0.178. The Hall–Kier alpha value is -1.61. The number of nitrogens with one attached hydrogen (secondary N) is 1. The molecule has 0 spiro atoms. The normalized spacial score (nSPS) is 17.0. The summed E-state index contributed by atoms with van der Waals surface area (Å²) in [5.41, 5.74) is 0. The van der Waals surface area contributed by atoms with Crippen molar-refractivity contribution in [3.05, 3.63) is 12.3 Å². The smallest absolute Gasteiger partial charge is 0.320 e. The SMILES string of the molecule is CCN(CC)C(=O)N1CCN(S(=O)(=O)c2ccn[nH]2)CC1. The number of aromatic nitrogens is 2. The number of hydrogen-bond donors (Lipinski definition) is 1. The van der Waals surface area contributed by atoms with E-state index in [0.29, 0.717) is 39.3 Å². The zero-order valence-electron chi connectivity index (χ0n) is 12.3. The molecule has 9 heteroatoms. The van der Waals surface area contributed by atoms with Gasteiger partial charge >= 0.3 is 6.03 Å². The molecule has 1 N–H and O–H groups in total. The van der Waals surface area contributed by atoms with E-state index >= 15 is 0 Å². The van der Waals surface area contributed by atoms with Gasteiger partial charge < -0.3 is 9.80 Å². The Kier molecular flexibility index (Phi) is 4.84. The van der Waals surface area contributed by atoms with Crippen LogP contribution in [-0.2, 0) is 10.0 Å². The lowest BCUT2D eigenvalue weighted by molar-refractivity contribution is 0.138. The molecule has 0 radical (unpaired) electrons. The molecule has 1 aromatic rings. The largest absolute Gasteiger partial charge is 0.325 e. The van der Waals surface area contributed by atoms with Gasteiger partial charge in [0.2, 0.25) is 0 Å². The molecule has 0 aliphatic carbocycles. The molecule has 1 aliphatic rings. The molecular formula is C12H21N5O3S. The molecular weight excluding hydrogens is 294 g/mol. The van der Waals surface area contributed by atoms with Crippen molar-refractivity contribution in [2.24, 2.45) is 0 Å². The van der Waals surface area contributed by atoms with Crippen molar-refractivity contribution in [3.8, 4) is 0 Å². The monoisotopic (exact) mass is 315 g/mol. The lowest BCUT2D eigenvalue weighted by Gasteiger charge is -2.36. The quantitative estimate of drug-likeness (QED) is 0.858. The Balaban J connectivity index is 1.99. The van der Waals surface area contributed by atoms with Gasteiger partial charge in [-0.05, 0) is 19.9 Å². The molecule has 1 saturated heterocycles. The van der Waals surface area contributed by atoms with Crippen LogP contribution >= 0.6 is 0 Å². The van der Waals surface area contributed by atoms with Crippen LogP contribution in [0.1, 0.15) is 13.8 Å². The summed E-state index contributed by atoms with van der Waals surface area (Å²) in [6.45, 7) is 6.58. The maximum absolute atomic E-state index is 12.3. The number of hydrogen-bond acceptors (Lipinski definition) is 4. The van der Waals surface area contributed by atoms with E-state index in [1.807, 2.05) is 13.8 Å². The highest BCUT2D eigenvalue weighted by atomic mass is 32.2. The summed E-state index contributed by atoms with van der Waals surface area (Å²) in [6, 6.07) is 1.40. The molecule has 2 rings (SSSR count). The molecule has 2 heterocycles. The van der Waals surface area contributed by atoms with Gasteiger partial charge in [0.05, 0.1) is 6.20 Å². The van der Waals surface area contributed by atoms with Gasteiger partial charge in [-0.1, -0.05) is 0 Å². The van der Waals surface area contributed by atoms with Crippen LogP contribution in [0.3, 0.4) is 0 Å². The minimum Gasteiger partial charge on any atom is -0.325 e. The van der Waals surface area contributed by atoms with Gasteiger partial charge in [-0.3, -0.25) is 5.10 Å². The van der Waals surface area contributed by atoms with E-state index in [2.05, 4.69) is 10.2 Å². The Morgan fingerprint density at radius 1 is 1.29 bits per heavy atom. The number of aromatic amines is 1. The van der Waals surface area contributed by atoms with Crippen LogP contribution in [0.25, 0.3) is 0 Å². The Morgan fingerprint density at radius 3 is 2.38 bits per heavy atom. The highest BCUT2D eigenvalue weighted by Gasteiger charge is 2.31. The van der Waals surface area contributed by atoms with Crippen LogP contribution < -0.4 is 0 Å². The first-order valence-electron chi connectivity index (χ1n) is 7.04. The third kappa shape index (κ3) is 3.18. The first-order chi connectivity index (χ1) is 10.0. The van der Waals surface area contributed by atoms with Crippen LogP contribution in [0.4, 0.5) is 4.79 Å². The van der Waals surface area contributed by atoms with E-state index in [0.717, 1.165) is 0 Å². The van der Waals surface area contributed by atoms with Crippen molar-refractivity contribution in [2.45, 2.75) is 18.9 Å². The molecule has 21 heavy (non-hydrogen) atoms. The van der Waals surface area contributed by atoms with E-state index in [1.54, 1.807) is 9.80 Å². The lowest BCUT2D eigenvalue weighted by Crippen LogP contribution is -2.53. The van der Waals surface area contributed by atoms with Gasteiger partial charge in [0, 0.05) is 39.3 Å². The molecule has 2 amide bonds. The molecule has 0 saturated carbocycles. The zero-order chi connectivity index (χ0) is 15.5. The van der Waals surface area contributed by atoms with E-state index in [1.165, 1.54) is 16.6 Å². The topological polar surface area (TPSA) is 89.6 Å². The second kappa shape index (κ2) is 6.44. The van der Waals surface area contributed by atoms with Crippen molar-refractivity contribution in [2.75, 3.05) is 39.3 Å². The molecule has 0 unspecified atom stereocenters. The number of carbonyl (C=O) groups is 1. The van der Waals surface area contributed by atoms with E-state index in [9.17, 15) is 13.2 Å². The minimum absolute atomic E-state index is 0.0291. The molecule has 1 aliphatic heterocycles. The van der Waals surface area contributed by atoms with E-state index < -0.39 is 10.0 Å². The van der Waals surface area contributed by atoms with Crippen LogP contribution in [0.15, 0.2) is 17.3 Å². The fraction of sp³-hybridized carbons (Fsp3) is 0.667. The third-order valence-corrected chi connectivity index (χ3v) is 5.46. The van der Waals surface area contributed by atoms with Crippen LogP contribution in [0.5, 0.6) is 0 Å². The van der Waals surface area contributed by atoms with Crippen LogP contribution in [0.2, 0.25) is 0 Å². The van der Waals surface area contributed by atoms with Gasteiger partial charge in [-0.25, -0.2) is 13.2 Å². The first-order valence-corrected chi connectivity index (χ1v) is 8.48. The van der Waals surface area contributed by atoms with Crippen molar-refractivity contribution in [3.63, 3.8) is 0 Å². The molecule has 8 nitrogen and oxygen atoms in total. The molecule has 1 aromatic heterocycles. The summed E-state index contributed by atoms with van der Waals surface area (Å²) >= 11 is 0. The Morgan fingerprint density at radius 2 is 1.90 bits per heavy atom. The molecule has 0 atom stereocenters. The standard InChI is InChI=1S/C12H21N5O3S/c1-3-15(4-2)12(18)16-7-9-17(10-8-16)21(19,20)11-5-6-13-14-11/h5-6H,3-4,7-10H2,1-2H3,(H,13,14). The van der Waals surface area contributed by atoms with Crippen LogP contribution in [0, 0.1) is 0 Å². The molecule has 1 fully saturated rings. The molecule has 118 valence electrons. The second-order valence-corrected chi connectivity index (χ2v) is 6.67. The first kappa shape index (κ1) is 15.8. The number of piperazine rings is 1. The summed E-state index contributed by atoms with van der Waals surface area (Å²) in [6.07, 6.45) is 1.41. The van der Waals surface area contributed by atoms with E-state index in [4.69, 9.17) is 0 Å². The number of nitrogens with zero attached hydrogens (tertiary/aromatic N) is 4. The fourth-order valence-corrected chi connectivity index (χ4v) is 3.66. The number of urea groups is 1. The fourth-order valence-electron chi connectivity index (χ4n) is 2.34. The molecule has 0 aromatic carbocycles. The predicted molar refractivity (Wildman–Crippen MR) is 77.2 cm³/mol. The number of amides is 2. The Labute approximate surface area is 124 Å². The van der Waals surface area contributed by atoms with Crippen molar-refractivity contribution in [1.29, 1.82) is 0 Å². The number of carbonyl (C=O) groups excluding carboxylic acids is 1. The minimum atomic E-state index is -3.54. The van der Waals surface area contributed by atoms with Gasteiger partial charge in [0.15, 0.2) is 5.03 Å². The van der Waals surface area contributed by atoms with Gasteiger partial charge in [0.1, 0.15) is 0 Å². The van der Waals surface area contributed by atoms with Crippen LogP contribution in [-0.4, -0.2) is 78.0 Å². The maximum atomic E-state index is 12.3. The van der Waals surface area contributed by atoms with Crippen molar-refractivity contribution >= 4 is 16.1 Å². The number of rotatable bonds is 4. The average Bonchev–Trinajstić information content (AvgIpc) is 3.03. The van der Waals surface area contributed by atoms with Gasteiger partial charge in [0.25, 0.3) is 10.0 Å². The third-order valence-electron chi connectivity index (χ3n) is 3.64. The lowest BCUT2D eigenvalue weighted by atomic mass is 10.4.